The predicted molar refractivity (Wildman–Crippen MR) is 79.5 cm³/mol. The Balaban J connectivity index is 1.73. The summed E-state index contributed by atoms with van der Waals surface area (Å²) in [6, 6.07) is 3.75. The van der Waals surface area contributed by atoms with E-state index in [0.29, 0.717) is 10.8 Å². The number of hydrogen-bond donors (Lipinski definition) is 2. The van der Waals surface area contributed by atoms with Crippen LogP contribution in [0.1, 0.15) is 17.7 Å². The van der Waals surface area contributed by atoms with Crippen molar-refractivity contribution in [3.63, 3.8) is 0 Å². The molecule has 4 heterocycles. The second-order valence-corrected chi connectivity index (χ2v) is 6.61. The number of fused-ring (bicyclic) bond motifs is 3. The van der Waals surface area contributed by atoms with E-state index in [1.165, 1.54) is 17.4 Å². The first-order valence-corrected chi connectivity index (χ1v) is 7.94. The summed E-state index contributed by atoms with van der Waals surface area (Å²) in [7, 11) is 0. The Labute approximate surface area is 123 Å². The Hall–Kier alpha value is -1.17. The third-order valence-corrected chi connectivity index (χ3v) is 5.51. The molecule has 3 fully saturated rings. The molecule has 3 saturated heterocycles. The monoisotopic (exact) mass is 292 g/mol. The summed E-state index contributed by atoms with van der Waals surface area (Å²) < 4.78 is 0. The van der Waals surface area contributed by atoms with Crippen LogP contribution in [0.2, 0.25) is 0 Å². The smallest absolute Gasteiger partial charge is 0.261 e. The Morgan fingerprint density at radius 2 is 2.30 bits per heavy atom. The van der Waals surface area contributed by atoms with Crippen LogP contribution in [0.4, 0.5) is 0 Å². The second-order valence-electron chi connectivity index (χ2n) is 5.67. The maximum absolute atomic E-state index is 12.5. The van der Waals surface area contributed by atoms with Gasteiger partial charge in [0.1, 0.15) is 0 Å². The first kappa shape index (κ1) is 13.8. The van der Waals surface area contributed by atoms with Gasteiger partial charge in [-0.2, -0.15) is 0 Å². The van der Waals surface area contributed by atoms with Crippen molar-refractivity contribution in [1.29, 1.82) is 0 Å². The van der Waals surface area contributed by atoms with Gasteiger partial charge in [-0.3, -0.25) is 4.79 Å². The molecule has 0 spiro atoms. The van der Waals surface area contributed by atoms with Crippen LogP contribution >= 0.6 is 11.3 Å². The third-order valence-electron chi connectivity index (χ3n) is 4.51. The van der Waals surface area contributed by atoms with Gasteiger partial charge in [-0.25, -0.2) is 0 Å². The number of hydrogen-bond acceptors (Lipinski definition) is 4. The molecule has 2 atom stereocenters. The molecule has 1 aromatic rings. The highest BCUT2D eigenvalue weighted by Gasteiger charge is 2.40. The lowest BCUT2D eigenvalue weighted by molar-refractivity contribution is -0.138. The van der Waals surface area contributed by atoms with Crippen LogP contribution in [-0.2, 0) is 10.4 Å². The SMILES string of the molecule is C=C[C@](O)(C(=O)N[C@H]1CN2CCC1CC2)c1cccs1. The Kier molecular flexibility index (Phi) is 3.67. The fourth-order valence-electron chi connectivity index (χ4n) is 3.21. The number of carbonyl (C=O) groups excluding carboxylic acids is 1. The van der Waals surface area contributed by atoms with E-state index in [0.717, 1.165) is 32.5 Å². The molecule has 20 heavy (non-hydrogen) atoms. The number of thiophene rings is 1. The van der Waals surface area contributed by atoms with Crippen LogP contribution in [0.5, 0.6) is 0 Å². The summed E-state index contributed by atoms with van der Waals surface area (Å²) in [5, 5.41) is 15.5. The van der Waals surface area contributed by atoms with Crippen molar-refractivity contribution in [3.05, 3.63) is 35.0 Å². The van der Waals surface area contributed by atoms with Gasteiger partial charge in [0, 0.05) is 17.5 Å². The van der Waals surface area contributed by atoms with Gasteiger partial charge in [-0.05, 0) is 49.4 Å². The number of nitrogens with zero attached hydrogens (tertiary/aromatic N) is 1. The molecule has 0 radical (unpaired) electrons. The van der Waals surface area contributed by atoms with Crippen molar-refractivity contribution in [2.75, 3.05) is 19.6 Å². The van der Waals surface area contributed by atoms with Gasteiger partial charge in [0.25, 0.3) is 5.91 Å². The summed E-state index contributed by atoms with van der Waals surface area (Å²) in [5.41, 5.74) is -1.61. The highest BCUT2D eigenvalue weighted by molar-refractivity contribution is 7.10. The fourth-order valence-corrected chi connectivity index (χ4v) is 4.02. The van der Waals surface area contributed by atoms with E-state index in [9.17, 15) is 9.90 Å². The molecule has 2 N–H and O–H groups in total. The van der Waals surface area contributed by atoms with Crippen molar-refractivity contribution in [3.8, 4) is 0 Å². The lowest BCUT2D eigenvalue weighted by Gasteiger charge is -2.45. The highest BCUT2D eigenvalue weighted by Crippen LogP contribution is 2.30. The molecule has 0 saturated carbocycles. The van der Waals surface area contributed by atoms with Crippen molar-refractivity contribution in [1.82, 2.24) is 10.2 Å². The zero-order chi connectivity index (χ0) is 14.2. The van der Waals surface area contributed by atoms with E-state index in [-0.39, 0.29) is 11.9 Å². The number of nitrogens with one attached hydrogen (secondary N) is 1. The molecule has 2 bridgehead atoms. The zero-order valence-corrected chi connectivity index (χ0v) is 12.2. The number of piperidine rings is 3. The highest BCUT2D eigenvalue weighted by atomic mass is 32.1. The second kappa shape index (κ2) is 5.31. The number of aliphatic hydroxyl groups is 1. The normalized spacial score (nSPS) is 31.6. The van der Waals surface area contributed by atoms with E-state index in [1.807, 2.05) is 11.4 Å². The van der Waals surface area contributed by atoms with Crippen molar-refractivity contribution >= 4 is 17.2 Å². The zero-order valence-electron chi connectivity index (χ0n) is 11.4. The molecule has 3 aliphatic heterocycles. The minimum atomic E-state index is -1.61. The molecule has 0 aromatic carbocycles. The molecule has 1 aromatic heterocycles. The topological polar surface area (TPSA) is 52.6 Å². The first-order chi connectivity index (χ1) is 9.63. The van der Waals surface area contributed by atoms with E-state index in [1.54, 1.807) is 6.07 Å². The number of carbonyl (C=O) groups is 1. The molecule has 0 unspecified atom stereocenters. The van der Waals surface area contributed by atoms with Crippen molar-refractivity contribution in [2.24, 2.45) is 5.92 Å². The molecule has 4 rings (SSSR count). The summed E-state index contributed by atoms with van der Waals surface area (Å²) >= 11 is 1.37. The largest absolute Gasteiger partial charge is 0.372 e. The van der Waals surface area contributed by atoms with Gasteiger partial charge in [-0.15, -0.1) is 11.3 Å². The number of amides is 1. The summed E-state index contributed by atoms with van der Waals surface area (Å²) in [6.07, 6.45) is 3.60. The number of rotatable bonds is 4. The van der Waals surface area contributed by atoms with Gasteiger partial charge in [0.05, 0.1) is 0 Å². The minimum absolute atomic E-state index is 0.149. The molecule has 3 aliphatic rings. The molecule has 5 heteroatoms. The molecular weight excluding hydrogens is 272 g/mol. The van der Waals surface area contributed by atoms with Crippen LogP contribution in [-0.4, -0.2) is 41.6 Å². The van der Waals surface area contributed by atoms with Gasteiger partial charge in [0.15, 0.2) is 5.60 Å². The molecule has 1 amide bonds. The van der Waals surface area contributed by atoms with Gasteiger partial charge in [0.2, 0.25) is 0 Å². The van der Waals surface area contributed by atoms with E-state index in [4.69, 9.17) is 0 Å². The Morgan fingerprint density at radius 3 is 2.80 bits per heavy atom. The minimum Gasteiger partial charge on any atom is -0.372 e. The van der Waals surface area contributed by atoms with Crippen LogP contribution in [0.15, 0.2) is 30.2 Å². The van der Waals surface area contributed by atoms with E-state index >= 15 is 0 Å². The summed E-state index contributed by atoms with van der Waals surface area (Å²) in [6.45, 7) is 6.80. The van der Waals surface area contributed by atoms with Crippen LogP contribution in [0, 0.1) is 5.92 Å². The van der Waals surface area contributed by atoms with E-state index in [2.05, 4.69) is 16.8 Å². The summed E-state index contributed by atoms with van der Waals surface area (Å²) in [4.78, 5) is 15.5. The molecule has 0 aliphatic carbocycles. The van der Waals surface area contributed by atoms with Gasteiger partial charge >= 0.3 is 0 Å². The van der Waals surface area contributed by atoms with Crippen molar-refractivity contribution < 1.29 is 9.90 Å². The fraction of sp³-hybridized carbons (Fsp3) is 0.533. The standard InChI is InChI=1S/C15H20N2O2S/c1-2-15(19,13-4-3-9-20-13)14(18)16-12-10-17-7-5-11(12)6-8-17/h2-4,9,11-12,19H,1,5-8,10H2,(H,16,18)/t12-,15+/m0/s1. The van der Waals surface area contributed by atoms with E-state index < -0.39 is 5.60 Å². The van der Waals surface area contributed by atoms with Crippen LogP contribution in [0.25, 0.3) is 0 Å². The van der Waals surface area contributed by atoms with Crippen molar-refractivity contribution in [2.45, 2.75) is 24.5 Å². The summed E-state index contributed by atoms with van der Waals surface area (Å²) in [5.74, 6) is 0.190. The predicted octanol–water partition coefficient (Wildman–Crippen LogP) is 1.33. The van der Waals surface area contributed by atoms with Crippen LogP contribution < -0.4 is 5.32 Å². The van der Waals surface area contributed by atoms with Crippen LogP contribution in [0.3, 0.4) is 0 Å². The Bertz CT molecular complexity index is 494. The average molecular weight is 292 g/mol. The molecule has 4 nitrogen and oxygen atoms in total. The molecule has 108 valence electrons. The first-order valence-electron chi connectivity index (χ1n) is 7.07. The quantitative estimate of drug-likeness (QED) is 0.823. The third kappa shape index (κ3) is 2.30. The maximum atomic E-state index is 12.5. The van der Waals surface area contributed by atoms with Gasteiger partial charge in [-0.1, -0.05) is 12.6 Å². The Morgan fingerprint density at radius 1 is 1.55 bits per heavy atom. The lowest BCUT2D eigenvalue weighted by atomic mass is 9.83. The average Bonchev–Trinajstić information content (AvgIpc) is 3.02. The maximum Gasteiger partial charge on any atom is 0.261 e. The molecular formula is C15H20N2O2S. The lowest BCUT2D eigenvalue weighted by Crippen LogP contribution is -2.59. The van der Waals surface area contributed by atoms with Gasteiger partial charge < -0.3 is 15.3 Å².